The summed E-state index contributed by atoms with van der Waals surface area (Å²) in [7, 11) is 0. The van der Waals surface area contributed by atoms with Gasteiger partial charge in [0.05, 0.1) is 7.14 Å². The first-order valence-corrected chi connectivity index (χ1v) is 7.08. The van der Waals surface area contributed by atoms with Crippen LogP contribution >= 0.6 is 67.8 Å². The number of halogens is 6. The van der Waals surface area contributed by atoms with Crippen molar-refractivity contribution >= 4 is 67.8 Å². The summed E-state index contributed by atoms with van der Waals surface area (Å²) in [6, 6.07) is -0.603. The quantitative estimate of drug-likeness (QED) is 0.507. The molecule has 1 rings (SSSR count). The number of nitrogens with two attached hydrogens (primary N) is 1. The van der Waals surface area contributed by atoms with Gasteiger partial charge in [-0.15, -0.1) is 0 Å². The fraction of sp³-hybridized carbons (Fsp3) is 0.250. The van der Waals surface area contributed by atoms with Crippen LogP contribution in [0.25, 0.3) is 0 Å². The molecule has 2 nitrogen and oxygen atoms in total. The van der Waals surface area contributed by atoms with Crippen LogP contribution in [0.5, 0.6) is 5.75 Å². The average molecular weight is 569 g/mol. The Hall–Kier alpha value is 0.960. The highest BCUT2D eigenvalue weighted by atomic mass is 127. The molecule has 0 amide bonds. The summed E-state index contributed by atoms with van der Waals surface area (Å²) < 4.78 is 38.6. The van der Waals surface area contributed by atoms with Gasteiger partial charge in [0.2, 0.25) is 0 Å². The molecule has 0 fully saturated rings. The number of phenolic OH excluding ortho intramolecular Hbond substituents is 1. The number of benzene rings is 1. The molecule has 0 unspecified atom stereocenters. The van der Waals surface area contributed by atoms with E-state index in [1.165, 1.54) is 6.07 Å². The van der Waals surface area contributed by atoms with Gasteiger partial charge in [-0.05, 0) is 73.8 Å². The Labute approximate surface area is 131 Å². The van der Waals surface area contributed by atoms with Gasteiger partial charge in [-0.3, -0.25) is 0 Å². The maximum atomic E-state index is 12.5. The van der Waals surface area contributed by atoms with E-state index >= 15 is 0 Å². The molecule has 0 radical (unpaired) electrons. The fourth-order valence-electron chi connectivity index (χ4n) is 1.04. The average Bonchev–Trinajstić information content (AvgIpc) is 2.13. The van der Waals surface area contributed by atoms with Gasteiger partial charge in [0, 0.05) is 9.13 Å². The van der Waals surface area contributed by atoms with E-state index in [9.17, 15) is 18.3 Å². The lowest BCUT2D eigenvalue weighted by atomic mass is 10.1. The van der Waals surface area contributed by atoms with Crippen molar-refractivity contribution in [2.75, 3.05) is 0 Å². The van der Waals surface area contributed by atoms with Crippen LogP contribution in [0.3, 0.4) is 0 Å². The molecule has 1 aromatic rings. The van der Waals surface area contributed by atoms with Crippen molar-refractivity contribution in [2.24, 2.45) is 5.73 Å². The van der Waals surface area contributed by atoms with Crippen molar-refractivity contribution in [3.8, 4) is 5.75 Å². The molecule has 0 saturated carbocycles. The highest BCUT2D eigenvalue weighted by Crippen LogP contribution is 2.40. The predicted molar refractivity (Wildman–Crippen MR) is 79.2 cm³/mol. The summed E-state index contributed by atoms with van der Waals surface area (Å²) in [6.07, 6.45) is -4.51. The maximum Gasteiger partial charge on any atom is 0.407 e. The Balaban J connectivity index is 3.40. The Kier molecular flexibility index (Phi) is 4.98. The van der Waals surface area contributed by atoms with Crippen LogP contribution in [0.4, 0.5) is 13.2 Å². The molecular formula is C8H5F3I3NO. The molecule has 16 heavy (non-hydrogen) atoms. The Bertz CT molecular complexity index is 422. The molecule has 90 valence electrons. The minimum atomic E-state index is -4.51. The van der Waals surface area contributed by atoms with Crippen LogP contribution in [0.2, 0.25) is 0 Å². The van der Waals surface area contributed by atoms with Crippen LogP contribution in [-0.4, -0.2) is 11.3 Å². The Morgan fingerprint density at radius 2 is 1.69 bits per heavy atom. The predicted octanol–water partition coefficient (Wildman–Crippen LogP) is 3.77. The normalized spacial score (nSPS) is 13.9. The van der Waals surface area contributed by atoms with E-state index in [-0.39, 0.29) is 14.9 Å². The lowest BCUT2D eigenvalue weighted by molar-refractivity contribution is -0.149. The fourth-order valence-corrected chi connectivity index (χ4v) is 5.09. The van der Waals surface area contributed by atoms with Crippen molar-refractivity contribution in [3.63, 3.8) is 0 Å². The second kappa shape index (κ2) is 5.30. The third-order valence-corrected chi connectivity index (χ3v) is 4.65. The Morgan fingerprint density at radius 3 is 2.12 bits per heavy atom. The SMILES string of the molecule is N[C@H](c1c(I)cc(I)c(O)c1I)C(F)(F)F. The molecule has 0 aromatic heterocycles. The summed E-state index contributed by atoms with van der Waals surface area (Å²) >= 11 is 5.31. The van der Waals surface area contributed by atoms with Crippen LogP contribution in [0.15, 0.2) is 6.07 Å². The zero-order valence-corrected chi connectivity index (χ0v) is 13.9. The largest absolute Gasteiger partial charge is 0.506 e. The molecule has 0 bridgehead atoms. The van der Waals surface area contributed by atoms with Gasteiger partial charge in [-0.2, -0.15) is 13.2 Å². The first-order chi connectivity index (χ1) is 7.16. The molecule has 0 aliphatic heterocycles. The number of phenols is 1. The Morgan fingerprint density at radius 1 is 1.19 bits per heavy atom. The van der Waals surface area contributed by atoms with Crippen LogP contribution in [0.1, 0.15) is 11.6 Å². The van der Waals surface area contributed by atoms with Gasteiger partial charge < -0.3 is 10.8 Å². The molecule has 3 N–H and O–H groups in total. The summed E-state index contributed by atoms with van der Waals surface area (Å²) in [6.45, 7) is 0. The zero-order valence-electron chi connectivity index (χ0n) is 7.45. The van der Waals surface area contributed by atoms with E-state index in [1.54, 1.807) is 45.2 Å². The molecular weight excluding hydrogens is 564 g/mol. The van der Waals surface area contributed by atoms with Crippen molar-refractivity contribution in [1.82, 2.24) is 0 Å². The van der Waals surface area contributed by atoms with Gasteiger partial charge >= 0.3 is 6.18 Å². The van der Waals surface area contributed by atoms with Crippen molar-refractivity contribution in [1.29, 1.82) is 0 Å². The van der Waals surface area contributed by atoms with Crippen LogP contribution in [0, 0.1) is 10.7 Å². The maximum absolute atomic E-state index is 12.5. The van der Waals surface area contributed by atoms with Gasteiger partial charge in [-0.1, -0.05) is 0 Å². The highest BCUT2D eigenvalue weighted by Gasteiger charge is 2.40. The van der Waals surface area contributed by atoms with Gasteiger partial charge in [0.25, 0.3) is 0 Å². The summed E-state index contributed by atoms with van der Waals surface area (Å²) in [5, 5.41) is 9.58. The van der Waals surface area contributed by atoms with Gasteiger partial charge in [0.15, 0.2) is 0 Å². The third-order valence-electron chi connectivity index (χ3n) is 1.84. The summed E-state index contributed by atoms with van der Waals surface area (Å²) in [4.78, 5) is 0. The van der Waals surface area contributed by atoms with E-state index in [2.05, 4.69) is 0 Å². The number of hydrogen-bond acceptors (Lipinski definition) is 2. The lowest BCUT2D eigenvalue weighted by Crippen LogP contribution is -2.30. The third kappa shape index (κ3) is 3.04. The van der Waals surface area contributed by atoms with E-state index < -0.39 is 12.2 Å². The standard InChI is InChI=1S/C8H5F3I3NO/c9-8(10,11)7(15)4-2(12)1-3(13)6(16)5(4)14/h1,7,16H,15H2/t7-/m1/s1. The summed E-state index contributed by atoms with van der Waals surface area (Å²) in [5.41, 5.74) is 5.07. The minimum Gasteiger partial charge on any atom is -0.506 e. The molecule has 0 saturated heterocycles. The second-order valence-corrected chi connectivity index (χ2v) is 6.34. The van der Waals surface area contributed by atoms with Crippen molar-refractivity contribution in [3.05, 3.63) is 22.3 Å². The molecule has 0 aliphatic rings. The van der Waals surface area contributed by atoms with E-state index in [0.29, 0.717) is 7.14 Å². The monoisotopic (exact) mass is 569 g/mol. The second-order valence-electron chi connectivity index (χ2n) is 2.94. The van der Waals surface area contributed by atoms with E-state index in [4.69, 9.17) is 5.73 Å². The number of alkyl halides is 3. The van der Waals surface area contributed by atoms with Gasteiger partial charge in [-0.25, -0.2) is 0 Å². The van der Waals surface area contributed by atoms with Crippen LogP contribution < -0.4 is 5.73 Å². The minimum absolute atomic E-state index is 0.0772. The number of hydrogen-bond donors (Lipinski definition) is 2. The summed E-state index contributed by atoms with van der Waals surface area (Å²) in [5.74, 6) is -0.156. The smallest absolute Gasteiger partial charge is 0.407 e. The molecule has 1 atom stereocenters. The van der Waals surface area contributed by atoms with Crippen LogP contribution in [-0.2, 0) is 0 Å². The number of aromatic hydroxyl groups is 1. The van der Waals surface area contributed by atoms with E-state index in [0.717, 1.165) is 0 Å². The zero-order chi connectivity index (χ0) is 12.7. The van der Waals surface area contributed by atoms with Gasteiger partial charge in [0.1, 0.15) is 11.8 Å². The molecule has 1 aromatic carbocycles. The first kappa shape index (κ1) is 15.0. The molecule has 0 aliphatic carbocycles. The highest BCUT2D eigenvalue weighted by molar-refractivity contribution is 14.1. The number of rotatable bonds is 1. The molecule has 8 heteroatoms. The lowest BCUT2D eigenvalue weighted by Gasteiger charge is -2.20. The molecule has 0 heterocycles. The van der Waals surface area contributed by atoms with E-state index in [1.807, 2.05) is 22.6 Å². The molecule has 0 spiro atoms. The topological polar surface area (TPSA) is 46.2 Å². The van der Waals surface area contributed by atoms with Crippen molar-refractivity contribution in [2.45, 2.75) is 12.2 Å². The van der Waals surface area contributed by atoms with Crippen molar-refractivity contribution < 1.29 is 18.3 Å². The first-order valence-electron chi connectivity index (χ1n) is 3.85.